The zero-order chi connectivity index (χ0) is 17.8. The molecule has 3 rings (SSSR count). The second-order valence-corrected chi connectivity index (χ2v) is 6.01. The molecule has 0 radical (unpaired) electrons. The molecule has 0 amide bonds. The Bertz CT molecular complexity index is 855. The molecule has 0 fully saturated rings. The molecule has 3 aromatic heterocycles. The van der Waals surface area contributed by atoms with Crippen LogP contribution in [0.25, 0.3) is 22.5 Å². The smallest absolute Gasteiger partial charge is 0.340 e. The Kier molecular flexibility index (Phi) is 4.93. The number of carbonyl (C=O) groups excluding carboxylic acids is 1. The number of rotatable bonds is 5. The predicted octanol–water partition coefficient (Wildman–Crippen LogP) is 4.44. The molecule has 0 aliphatic heterocycles. The second-order valence-electron chi connectivity index (χ2n) is 6.01. The minimum Gasteiger partial charge on any atom is -0.462 e. The molecular weight excluding hydrogens is 314 g/mol. The van der Waals surface area contributed by atoms with Gasteiger partial charge in [-0.3, -0.25) is 9.97 Å². The molecule has 5 heteroatoms. The number of hydrogen-bond acceptors (Lipinski definition) is 4. The summed E-state index contributed by atoms with van der Waals surface area (Å²) in [7, 11) is 0. The number of ether oxygens (including phenoxy) is 1. The van der Waals surface area contributed by atoms with Crippen LogP contribution in [0.15, 0.2) is 49.1 Å². The Morgan fingerprint density at radius 1 is 1.00 bits per heavy atom. The van der Waals surface area contributed by atoms with Gasteiger partial charge in [-0.15, -0.1) is 0 Å². The molecule has 25 heavy (non-hydrogen) atoms. The first kappa shape index (κ1) is 16.9. The molecule has 0 unspecified atom stereocenters. The fraction of sp³-hybridized carbons (Fsp3) is 0.250. The van der Waals surface area contributed by atoms with Crippen molar-refractivity contribution in [2.75, 3.05) is 6.61 Å². The summed E-state index contributed by atoms with van der Waals surface area (Å²) in [6, 6.07) is 7.63. The van der Waals surface area contributed by atoms with Crippen molar-refractivity contribution < 1.29 is 9.53 Å². The SMILES string of the molecule is CCOC(=O)c1c(-c2ccncc2)[nH]c(-c2ccncc2)c1C(C)C. The van der Waals surface area contributed by atoms with Gasteiger partial charge in [-0.25, -0.2) is 4.79 Å². The summed E-state index contributed by atoms with van der Waals surface area (Å²) in [5.74, 6) is -0.163. The highest BCUT2D eigenvalue weighted by molar-refractivity contribution is 6.01. The van der Waals surface area contributed by atoms with E-state index in [0.29, 0.717) is 12.2 Å². The van der Waals surface area contributed by atoms with Crippen LogP contribution in [0, 0.1) is 0 Å². The van der Waals surface area contributed by atoms with Crippen LogP contribution < -0.4 is 0 Å². The highest BCUT2D eigenvalue weighted by atomic mass is 16.5. The zero-order valence-electron chi connectivity index (χ0n) is 14.6. The Labute approximate surface area is 147 Å². The largest absolute Gasteiger partial charge is 0.462 e. The van der Waals surface area contributed by atoms with Gasteiger partial charge < -0.3 is 9.72 Å². The van der Waals surface area contributed by atoms with Gasteiger partial charge in [-0.2, -0.15) is 0 Å². The number of H-pyrrole nitrogens is 1. The number of hydrogen-bond donors (Lipinski definition) is 1. The molecule has 0 spiro atoms. The van der Waals surface area contributed by atoms with E-state index in [1.807, 2.05) is 31.2 Å². The van der Waals surface area contributed by atoms with Crippen LogP contribution >= 0.6 is 0 Å². The van der Waals surface area contributed by atoms with E-state index in [9.17, 15) is 4.79 Å². The van der Waals surface area contributed by atoms with Crippen LogP contribution in [0.4, 0.5) is 0 Å². The van der Waals surface area contributed by atoms with Gasteiger partial charge in [0.1, 0.15) is 0 Å². The molecule has 3 aromatic rings. The monoisotopic (exact) mass is 335 g/mol. The maximum atomic E-state index is 12.7. The minimum atomic E-state index is -0.311. The minimum absolute atomic E-state index is 0.148. The highest BCUT2D eigenvalue weighted by Gasteiger charge is 2.27. The van der Waals surface area contributed by atoms with E-state index >= 15 is 0 Å². The summed E-state index contributed by atoms with van der Waals surface area (Å²) in [6.07, 6.45) is 6.92. The standard InChI is InChI=1S/C20H21N3O2/c1-4-25-20(24)17-16(13(2)3)18(14-5-9-21-10-6-14)23-19(17)15-7-11-22-12-8-15/h5-13,23H,4H2,1-3H3. The summed E-state index contributed by atoms with van der Waals surface area (Å²) in [6.45, 7) is 6.30. The van der Waals surface area contributed by atoms with Crippen LogP contribution in [0.2, 0.25) is 0 Å². The lowest BCUT2D eigenvalue weighted by molar-refractivity contribution is 0.0526. The van der Waals surface area contributed by atoms with Crippen molar-refractivity contribution in [3.05, 3.63) is 60.2 Å². The summed E-state index contributed by atoms with van der Waals surface area (Å²) < 4.78 is 5.34. The lowest BCUT2D eigenvalue weighted by atomic mass is 9.94. The Balaban J connectivity index is 2.29. The number of pyridine rings is 2. The number of aromatic nitrogens is 3. The number of esters is 1. The molecule has 128 valence electrons. The number of nitrogens with one attached hydrogen (secondary N) is 1. The fourth-order valence-corrected chi connectivity index (χ4v) is 2.99. The van der Waals surface area contributed by atoms with Gasteiger partial charge in [-0.05, 0) is 42.7 Å². The van der Waals surface area contributed by atoms with Crippen molar-refractivity contribution in [2.24, 2.45) is 0 Å². The lowest BCUT2D eigenvalue weighted by Crippen LogP contribution is -2.09. The molecule has 1 N–H and O–H groups in total. The van der Waals surface area contributed by atoms with Crippen molar-refractivity contribution in [2.45, 2.75) is 26.7 Å². The van der Waals surface area contributed by atoms with E-state index in [1.165, 1.54) is 0 Å². The van der Waals surface area contributed by atoms with Crippen LogP contribution in [0.5, 0.6) is 0 Å². The van der Waals surface area contributed by atoms with Crippen molar-refractivity contribution in [3.8, 4) is 22.5 Å². The number of nitrogens with zero attached hydrogens (tertiary/aromatic N) is 2. The maximum absolute atomic E-state index is 12.7. The Hall–Kier alpha value is -2.95. The first-order valence-electron chi connectivity index (χ1n) is 8.37. The summed E-state index contributed by atoms with van der Waals surface area (Å²) in [4.78, 5) is 24.3. The van der Waals surface area contributed by atoms with Crippen molar-refractivity contribution in [3.63, 3.8) is 0 Å². The van der Waals surface area contributed by atoms with Gasteiger partial charge in [-0.1, -0.05) is 13.8 Å². The normalized spacial score (nSPS) is 10.9. The average Bonchev–Trinajstić information content (AvgIpc) is 3.04. The lowest BCUT2D eigenvalue weighted by Gasteiger charge is -2.11. The van der Waals surface area contributed by atoms with Crippen LogP contribution in [-0.4, -0.2) is 27.5 Å². The zero-order valence-corrected chi connectivity index (χ0v) is 14.6. The second kappa shape index (κ2) is 7.30. The molecule has 0 aliphatic rings. The van der Waals surface area contributed by atoms with Crippen LogP contribution in [0.1, 0.15) is 42.6 Å². The third-order valence-electron chi connectivity index (χ3n) is 4.03. The van der Waals surface area contributed by atoms with Gasteiger partial charge in [0.05, 0.1) is 23.6 Å². The van der Waals surface area contributed by atoms with Gasteiger partial charge in [0.25, 0.3) is 0 Å². The third kappa shape index (κ3) is 3.31. The van der Waals surface area contributed by atoms with Crippen LogP contribution in [-0.2, 0) is 4.74 Å². The maximum Gasteiger partial charge on any atom is 0.340 e. The quantitative estimate of drug-likeness (QED) is 0.700. The van der Waals surface area contributed by atoms with Gasteiger partial charge >= 0.3 is 5.97 Å². The van der Waals surface area contributed by atoms with Crippen molar-refractivity contribution >= 4 is 5.97 Å². The van der Waals surface area contributed by atoms with Gasteiger partial charge in [0, 0.05) is 35.9 Å². The molecule has 0 aromatic carbocycles. The van der Waals surface area contributed by atoms with E-state index in [0.717, 1.165) is 28.1 Å². The van der Waals surface area contributed by atoms with Gasteiger partial charge in [0.2, 0.25) is 0 Å². The topological polar surface area (TPSA) is 67.9 Å². The fourth-order valence-electron chi connectivity index (χ4n) is 2.99. The molecule has 0 saturated heterocycles. The average molecular weight is 335 g/mol. The summed E-state index contributed by atoms with van der Waals surface area (Å²) in [5.41, 5.74) is 5.12. The Morgan fingerprint density at radius 2 is 1.52 bits per heavy atom. The van der Waals surface area contributed by atoms with Gasteiger partial charge in [0.15, 0.2) is 0 Å². The molecule has 5 nitrogen and oxygen atoms in total. The van der Waals surface area contributed by atoms with E-state index in [-0.39, 0.29) is 11.9 Å². The first-order valence-corrected chi connectivity index (χ1v) is 8.37. The van der Waals surface area contributed by atoms with E-state index in [2.05, 4.69) is 28.8 Å². The predicted molar refractivity (Wildman–Crippen MR) is 97.3 cm³/mol. The first-order chi connectivity index (χ1) is 12.1. The molecule has 0 aliphatic carbocycles. The van der Waals surface area contributed by atoms with Crippen LogP contribution in [0.3, 0.4) is 0 Å². The molecular formula is C20H21N3O2. The number of aromatic amines is 1. The van der Waals surface area contributed by atoms with Crippen molar-refractivity contribution in [1.29, 1.82) is 0 Å². The highest BCUT2D eigenvalue weighted by Crippen LogP contribution is 2.38. The summed E-state index contributed by atoms with van der Waals surface area (Å²) in [5, 5.41) is 0. The van der Waals surface area contributed by atoms with Crippen molar-refractivity contribution in [1.82, 2.24) is 15.0 Å². The molecule has 0 saturated carbocycles. The molecule has 3 heterocycles. The van der Waals surface area contributed by atoms with E-state index in [4.69, 9.17) is 4.74 Å². The molecule has 0 atom stereocenters. The third-order valence-corrected chi connectivity index (χ3v) is 4.03. The summed E-state index contributed by atoms with van der Waals surface area (Å²) >= 11 is 0. The molecule has 0 bridgehead atoms. The number of carbonyl (C=O) groups is 1. The van der Waals surface area contributed by atoms with E-state index < -0.39 is 0 Å². The Morgan fingerprint density at radius 3 is 2.00 bits per heavy atom. The van der Waals surface area contributed by atoms with E-state index in [1.54, 1.807) is 24.8 Å².